The molecule has 0 amide bonds. The molecule has 1 aliphatic carbocycles. The van der Waals surface area contributed by atoms with Gasteiger partial charge in [0.25, 0.3) is 0 Å². The monoisotopic (exact) mass is 452 g/mol. The van der Waals surface area contributed by atoms with Crippen molar-refractivity contribution in [2.45, 2.75) is 53.4 Å². The van der Waals surface area contributed by atoms with E-state index in [-0.39, 0.29) is 56.4 Å². The summed E-state index contributed by atoms with van der Waals surface area (Å²) in [6, 6.07) is 13.0. The average molecular weight is 455 g/mol. The second-order valence-electron chi connectivity index (χ2n) is 8.03. The summed E-state index contributed by atoms with van der Waals surface area (Å²) in [5.41, 5.74) is 3.35. The fourth-order valence-electron chi connectivity index (χ4n) is 2.72. The summed E-state index contributed by atoms with van der Waals surface area (Å²) in [6.45, 7) is 13.4. The number of fused-ring (bicyclic) bond motifs is 1. The maximum absolute atomic E-state index is 3.30. The normalized spacial score (nSPS) is 13.0. The summed E-state index contributed by atoms with van der Waals surface area (Å²) >= 11 is 0. The van der Waals surface area contributed by atoms with E-state index < -0.39 is 0 Å². The Morgan fingerprint density at radius 2 is 1.52 bits per heavy atom. The Balaban J connectivity index is 0. The van der Waals surface area contributed by atoms with Crippen molar-refractivity contribution in [3.63, 3.8) is 0 Å². The molecule has 0 aromatic heterocycles. The van der Waals surface area contributed by atoms with Gasteiger partial charge in [0.1, 0.15) is 0 Å². The molecule has 25 heavy (non-hydrogen) atoms. The molecule has 0 nitrogen and oxygen atoms in total. The summed E-state index contributed by atoms with van der Waals surface area (Å²) < 4.78 is 0. The van der Waals surface area contributed by atoms with E-state index in [0.29, 0.717) is 5.41 Å². The first-order valence-electron chi connectivity index (χ1n) is 8.12. The second kappa shape index (κ2) is 10.8. The molecule has 0 saturated heterocycles. The van der Waals surface area contributed by atoms with Crippen LogP contribution in [0.5, 0.6) is 0 Å². The van der Waals surface area contributed by atoms with Crippen LogP contribution in [0.2, 0.25) is 0 Å². The van der Waals surface area contributed by atoms with Gasteiger partial charge < -0.3 is 24.8 Å². The summed E-state index contributed by atoms with van der Waals surface area (Å²) in [7, 11) is 0. The molecule has 0 saturated carbocycles. The van der Waals surface area contributed by atoms with Crippen molar-refractivity contribution >= 4 is 10.8 Å². The van der Waals surface area contributed by atoms with Crippen LogP contribution in [-0.2, 0) is 31.6 Å². The van der Waals surface area contributed by atoms with Crippen LogP contribution in [0.15, 0.2) is 54.1 Å². The first-order valence-corrected chi connectivity index (χ1v) is 8.12. The van der Waals surface area contributed by atoms with E-state index in [4.69, 9.17) is 0 Å². The maximum atomic E-state index is 3.30. The molecule has 2 aromatic carbocycles. The van der Waals surface area contributed by atoms with Crippen molar-refractivity contribution in [1.82, 2.24) is 0 Å². The molecule has 0 radical (unpaired) electrons. The fraction of sp³-hybridized carbons (Fsp3) is 0.409. The van der Waals surface area contributed by atoms with Gasteiger partial charge in [-0.3, -0.25) is 6.08 Å². The minimum absolute atomic E-state index is 0. The van der Waals surface area contributed by atoms with Crippen LogP contribution >= 0.6 is 0 Å². The Labute approximate surface area is 185 Å². The number of benzene rings is 1. The van der Waals surface area contributed by atoms with Crippen LogP contribution in [0.4, 0.5) is 0 Å². The van der Waals surface area contributed by atoms with Crippen LogP contribution in [0, 0.1) is 11.5 Å². The van der Waals surface area contributed by atoms with E-state index in [1.165, 1.54) is 21.9 Å². The predicted octanol–water partition coefficient (Wildman–Crippen LogP) is 0.584. The van der Waals surface area contributed by atoms with Gasteiger partial charge >= 0.3 is 26.2 Å². The Hall–Kier alpha value is -0.227. The SMILES string of the molecule is CC(C)(C)C1=[C-]CC=C1.CC(C)(C)[c-]1ccc2ccccc21.[Cl-].[Cl-].[Zr+4]. The predicted molar refractivity (Wildman–Crippen MR) is 98.2 cm³/mol. The molecule has 134 valence electrons. The van der Waals surface area contributed by atoms with Crippen molar-refractivity contribution in [3.8, 4) is 0 Å². The van der Waals surface area contributed by atoms with E-state index in [9.17, 15) is 0 Å². The van der Waals surface area contributed by atoms with Gasteiger partial charge in [-0.1, -0.05) is 47.6 Å². The molecule has 2 aromatic rings. The van der Waals surface area contributed by atoms with Crippen molar-refractivity contribution < 1.29 is 51.0 Å². The average Bonchev–Trinajstić information content (AvgIpc) is 3.07. The minimum Gasteiger partial charge on any atom is -1.00 e. The van der Waals surface area contributed by atoms with Gasteiger partial charge in [-0.25, -0.2) is 11.6 Å². The molecule has 0 heterocycles. The molecule has 3 heteroatoms. The Kier molecular flexibility index (Phi) is 11.7. The second-order valence-corrected chi connectivity index (χ2v) is 8.03. The number of hydrogen-bond donors (Lipinski definition) is 0. The largest absolute Gasteiger partial charge is 4.00 e. The first-order chi connectivity index (χ1) is 10.2. The zero-order chi connectivity index (χ0) is 16.4. The van der Waals surface area contributed by atoms with E-state index in [1.54, 1.807) is 0 Å². The number of halogens is 2. The van der Waals surface area contributed by atoms with Gasteiger partial charge in [0, 0.05) is 0 Å². The standard InChI is InChI=1S/C13H15.C9H13.2ClH.Zr/c1-13(2,3)12-9-8-10-6-4-5-7-11(10)12;1-9(2,3)8-6-4-5-7-8;;;/h4-9H,1-3H3;4,6H,5H2,1-3H3;2*1H;/q2*-1;;;+4/p-2. The van der Waals surface area contributed by atoms with Crippen molar-refractivity contribution in [3.05, 3.63) is 65.8 Å². The quantitative estimate of drug-likeness (QED) is 0.511. The molecule has 0 fully saturated rings. The van der Waals surface area contributed by atoms with Crippen LogP contribution in [-0.4, -0.2) is 0 Å². The Morgan fingerprint density at radius 3 is 1.96 bits per heavy atom. The summed E-state index contributed by atoms with van der Waals surface area (Å²) in [5, 5.41) is 2.75. The third-order valence-corrected chi connectivity index (χ3v) is 3.99. The maximum Gasteiger partial charge on any atom is 4.00 e. The van der Waals surface area contributed by atoms with E-state index in [1.807, 2.05) is 0 Å². The van der Waals surface area contributed by atoms with Crippen LogP contribution in [0.25, 0.3) is 10.8 Å². The smallest absolute Gasteiger partial charge is 1.00 e. The number of allylic oxidation sites excluding steroid dienone is 4. The summed E-state index contributed by atoms with van der Waals surface area (Å²) in [6.07, 6.45) is 8.63. The van der Waals surface area contributed by atoms with Crippen LogP contribution in [0.1, 0.15) is 53.5 Å². The van der Waals surface area contributed by atoms with Gasteiger partial charge in [-0.05, 0) is 10.8 Å². The molecular formula is C22H28Cl2Zr. The number of rotatable bonds is 0. The molecule has 0 spiro atoms. The van der Waals surface area contributed by atoms with Crippen molar-refractivity contribution in [2.24, 2.45) is 5.41 Å². The zero-order valence-corrected chi connectivity index (χ0v) is 20.1. The molecular weight excluding hydrogens is 426 g/mol. The third kappa shape index (κ3) is 7.50. The van der Waals surface area contributed by atoms with Crippen molar-refractivity contribution in [1.29, 1.82) is 0 Å². The molecule has 0 aliphatic heterocycles. The van der Waals surface area contributed by atoms with Crippen molar-refractivity contribution in [2.75, 3.05) is 0 Å². The van der Waals surface area contributed by atoms with Gasteiger partial charge in [0.05, 0.1) is 0 Å². The number of hydrogen-bond acceptors (Lipinski definition) is 0. The topological polar surface area (TPSA) is 0 Å². The van der Waals surface area contributed by atoms with E-state index in [2.05, 4.69) is 96.2 Å². The molecule has 3 rings (SSSR count). The molecule has 0 atom stereocenters. The van der Waals surface area contributed by atoms with E-state index >= 15 is 0 Å². The molecule has 0 bridgehead atoms. The zero-order valence-electron chi connectivity index (χ0n) is 16.1. The van der Waals surface area contributed by atoms with E-state index in [0.717, 1.165) is 6.42 Å². The summed E-state index contributed by atoms with van der Waals surface area (Å²) in [5.74, 6) is 0. The minimum atomic E-state index is 0. The van der Waals surface area contributed by atoms with Crippen LogP contribution < -0.4 is 24.8 Å². The van der Waals surface area contributed by atoms with Gasteiger partial charge in [-0.2, -0.15) is 12.1 Å². The fourth-order valence-corrected chi connectivity index (χ4v) is 2.72. The van der Waals surface area contributed by atoms with Crippen LogP contribution in [0.3, 0.4) is 0 Å². The Morgan fingerprint density at radius 1 is 0.920 bits per heavy atom. The van der Waals surface area contributed by atoms with Gasteiger partial charge in [0.2, 0.25) is 0 Å². The molecule has 0 N–H and O–H groups in total. The third-order valence-electron chi connectivity index (χ3n) is 3.99. The summed E-state index contributed by atoms with van der Waals surface area (Å²) in [4.78, 5) is 0. The van der Waals surface area contributed by atoms with Gasteiger partial charge in [-0.15, -0.1) is 47.0 Å². The first kappa shape index (κ1) is 27.0. The van der Waals surface area contributed by atoms with Gasteiger partial charge in [0.15, 0.2) is 0 Å². The molecule has 0 unspecified atom stereocenters. The Bertz CT molecular complexity index is 695. The molecule has 1 aliphatic rings.